The summed E-state index contributed by atoms with van der Waals surface area (Å²) in [5.41, 5.74) is 1.18. The Morgan fingerprint density at radius 3 is 3.11 bits per heavy atom. The summed E-state index contributed by atoms with van der Waals surface area (Å²) < 4.78 is 5.96. The van der Waals surface area contributed by atoms with Crippen molar-refractivity contribution in [3.8, 4) is 0 Å². The summed E-state index contributed by atoms with van der Waals surface area (Å²) in [5, 5.41) is 6.70. The van der Waals surface area contributed by atoms with Crippen LogP contribution in [0.1, 0.15) is 24.0 Å². The van der Waals surface area contributed by atoms with Crippen molar-refractivity contribution in [3.05, 3.63) is 16.1 Å². The standard InChI is InChI=1S/C14H25N3OS/c1-4-5-17-6-7-18-14(9-17)13(15-3)8-12-10-19-11(2)16-12/h10,13-15H,4-9H2,1-3H3. The molecule has 0 radical (unpaired) electrons. The molecule has 0 aliphatic carbocycles. The van der Waals surface area contributed by atoms with Crippen molar-refractivity contribution in [1.82, 2.24) is 15.2 Å². The number of hydrogen-bond donors (Lipinski definition) is 1. The zero-order chi connectivity index (χ0) is 13.7. The van der Waals surface area contributed by atoms with E-state index in [1.54, 1.807) is 11.3 Å². The summed E-state index contributed by atoms with van der Waals surface area (Å²) in [6.45, 7) is 8.41. The second-order valence-corrected chi connectivity index (χ2v) is 6.23. The maximum Gasteiger partial charge on any atom is 0.0897 e. The Bertz CT molecular complexity index is 381. The van der Waals surface area contributed by atoms with Crippen LogP contribution >= 0.6 is 11.3 Å². The lowest BCUT2D eigenvalue weighted by Crippen LogP contribution is -2.52. The van der Waals surface area contributed by atoms with Gasteiger partial charge in [0.25, 0.3) is 0 Å². The third-order valence-corrected chi connectivity index (χ3v) is 4.45. The second-order valence-electron chi connectivity index (χ2n) is 5.17. The fourth-order valence-corrected chi connectivity index (χ4v) is 3.27. The van der Waals surface area contributed by atoms with E-state index in [1.807, 2.05) is 7.05 Å². The van der Waals surface area contributed by atoms with Crippen molar-refractivity contribution < 1.29 is 4.74 Å². The predicted octanol–water partition coefficient (Wildman–Crippen LogP) is 1.69. The zero-order valence-electron chi connectivity index (χ0n) is 12.2. The van der Waals surface area contributed by atoms with Gasteiger partial charge in [-0.2, -0.15) is 0 Å². The maximum absolute atomic E-state index is 5.96. The van der Waals surface area contributed by atoms with Crippen LogP contribution in [0.15, 0.2) is 5.38 Å². The lowest BCUT2D eigenvalue weighted by atomic mass is 10.0. The molecule has 1 aliphatic rings. The third kappa shape index (κ3) is 4.24. The Balaban J connectivity index is 1.92. The Morgan fingerprint density at radius 1 is 1.63 bits per heavy atom. The minimum Gasteiger partial charge on any atom is -0.374 e. The Labute approximate surface area is 120 Å². The number of aryl methyl sites for hydroxylation is 1. The molecule has 1 aliphatic heterocycles. The average Bonchev–Trinajstić information content (AvgIpc) is 2.82. The van der Waals surface area contributed by atoms with E-state index < -0.39 is 0 Å². The molecule has 4 nitrogen and oxygen atoms in total. The van der Waals surface area contributed by atoms with Gasteiger partial charge in [0.1, 0.15) is 0 Å². The van der Waals surface area contributed by atoms with Crippen molar-refractivity contribution in [2.75, 3.05) is 33.3 Å². The monoisotopic (exact) mass is 283 g/mol. The largest absolute Gasteiger partial charge is 0.374 e. The smallest absolute Gasteiger partial charge is 0.0897 e. The Hall–Kier alpha value is -0.490. The highest BCUT2D eigenvalue weighted by Crippen LogP contribution is 2.15. The van der Waals surface area contributed by atoms with E-state index in [0.29, 0.717) is 6.04 Å². The Morgan fingerprint density at radius 2 is 2.47 bits per heavy atom. The molecule has 0 aromatic carbocycles. The van der Waals surface area contributed by atoms with Gasteiger partial charge in [-0.05, 0) is 26.9 Å². The first-order valence-electron chi connectivity index (χ1n) is 7.15. The fourth-order valence-electron chi connectivity index (χ4n) is 2.64. The number of nitrogens with zero attached hydrogens (tertiary/aromatic N) is 2. The van der Waals surface area contributed by atoms with E-state index >= 15 is 0 Å². The van der Waals surface area contributed by atoms with E-state index in [1.165, 1.54) is 18.7 Å². The van der Waals surface area contributed by atoms with Crippen molar-refractivity contribution >= 4 is 11.3 Å². The summed E-state index contributed by atoms with van der Waals surface area (Å²) >= 11 is 1.72. The average molecular weight is 283 g/mol. The molecule has 0 spiro atoms. The van der Waals surface area contributed by atoms with Gasteiger partial charge in [-0.15, -0.1) is 11.3 Å². The predicted molar refractivity (Wildman–Crippen MR) is 79.9 cm³/mol. The molecule has 1 saturated heterocycles. The van der Waals surface area contributed by atoms with Gasteiger partial charge < -0.3 is 10.1 Å². The summed E-state index contributed by atoms with van der Waals surface area (Å²) in [7, 11) is 2.02. The number of aromatic nitrogens is 1. The SMILES string of the molecule is CCCN1CCOC(C(Cc2csc(C)n2)NC)C1. The molecule has 0 saturated carbocycles. The number of nitrogens with one attached hydrogen (secondary N) is 1. The third-order valence-electron chi connectivity index (χ3n) is 3.63. The lowest BCUT2D eigenvalue weighted by Gasteiger charge is -2.36. The first-order valence-corrected chi connectivity index (χ1v) is 8.03. The number of rotatable bonds is 6. The van der Waals surface area contributed by atoms with Gasteiger partial charge in [-0.3, -0.25) is 4.90 Å². The molecule has 1 N–H and O–H groups in total. The first-order chi connectivity index (χ1) is 9.22. The van der Waals surface area contributed by atoms with Gasteiger partial charge in [-0.1, -0.05) is 6.92 Å². The topological polar surface area (TPSA) is 37.4 Å². The van der Waals surface area contributed by atoms with Crippen LogP contribution < -0.4 is 5.32 Å². The van der Waals surface area contributed by atoms with Crippen LogP contribution in [0.3, 0.4) is 0 Å². The number of morpholine rings is 1. The quantitative estimate of drug-likeness (QED) is 0.862. The number of ether oxygens (including phenoxy) is 1. The van der Waals surface area contributed by atoms with E-state index in [2.05, 4.69) is 34.4 Å². The molecule has 2 atom stereocenters. The summed E-state index contributed by atoms with van der Waals surface area (Å²) in [5.74, 6) is 0. The highest BCUT2D eigenvalue weighted by atomic mass is 32.1. The molecule has 1 fully saturated rings. The van der Waals surface area contributed by atoms with Gasteiger partial charge in [-0.25, -0.2) is 4.98 Å². The molecule has 5 heteroatoms. The Kier molecular flexibility index (Phi) is 5.76. The molecule has 2 rings (SSSR count). The van der Waals surface area contributed by atoms with Crippen LogP contribution in [0.2, 0.25) is 0 Å². The van der Waals surface area contributed by atoms with Crippen molar-refractivity contribution in [2.45, 2.75) is 38.8 Å². The fraction of sp³-hybridized carbons (Fsp3) is 0.786. The summed E-state index contributed by atoms with van der Waals surface area (Å²) in [6, 6.07) is 0.348. The molecule has 19 heavy (non-hydrogen) atoms. The van der Waals surface area contributed by atoms with Crippen molar-refractivity contribution in [3.63, 3.8) is 0 Å². The zero-order valence-corrected chi connectivity index (χ0v) is 13.0. The van der Waals surface area contributed by atoms with E-state index in [4.69, 9.17) is 4.74 Å². The second kappa shape index (κ2) is 7.33. The van der Waals surface area contributed by atoms with Crippen LogP contribution in [0, 0.1) is 6.92 Å². The summed E-state index contributed by atoms with van der Waals surface area (Å²) in [4.78, 5) is 7.06. The minimum atomic E-state index is 0.271. The van der Waals surface area contributed by atoms with Crippen molar-refractivity contribution in [1.29, 1.82) is 0 Å². The van der Waals surface area contributed by atoms with Crippen LogP contribution in [-0.2, 0) is 11.2 Å². The molecule has 1 aromatic heterocycles. The van der Waals surface area contributed by atoms with E-state index in [-0.39, 0.29) is 6.10 Å². The molecule has 2 unspecified atom stereocenters. The normalized spacial score (nSPS) is 22.6. The lowest BCUT2D eigenvalue weighted by molar-refractivity contribution is -0.0451. The number of hydrogen-bond acceptors (Lipinski definition) is 5. The molecular weight excluding hydrogens is 258 g/mol. The van der Waals surface area contributed by atoms with Crippen molar-refractivity contribution in [2.24, 2.45) is 0 Å². The maximum atomic E-state index is 5.96. The van der Waals surface area contributed by atoms with Gasteiger partial charge in [0, 0.05) is 30.9 Å². The number of likely N-dealkylation sites (N-methyl/N-ethyl adjacent to an activating group) is 1. The first kappa shape index (κ1) is 14.9. The highest BCUT2D eigenvalue weighted by molar-refractivity contribution is 7.09. The van der Waals surface area contributed by atoms with Gasteiger partial charge in [0.05, 0.1) is 23.4 Å². The van der Waals surface area contributed by atoms with Crippen LogP contribution in [0.25, 0.3) is 0 Å². The molecule has 2 heterocycles. The molecule has 0 amide bonds. The molecule has 0 bridgehead atoms. The molecular formula is C14H25N3OS. The van der Waals surface area contributed by atoms with Crippen LogP contribution in [-0.4, -0.2) is 55.3 Å². The van der Waals surface area contributed by atoms with Gasteiger partial charge in [0.15, 0.2) is 0 Å². The number of thiazole rings is 1. The molecule has 108 valence electrons. The van der Waals surface area contributed by atoms with Gasteiger partial charge in [0.2, 0.25) is 0 Å². The molecule has 1 aromatic rings. The van der Waals surface area contributed by atoms with Crippen LogP contribution in [0.5, 0.6) is 0 Å². The van der Waals surface area contributed by atoms with E-state index in [0.717, 1.165) is 31.1 Å². The highest BCUT2D eigenvalue weighted by Gasteiger charge is 2.27. The van der Waals surface area contributed by atoms with Crippen LogP contribution in [0.4, 0.5) is 0 Å². The van der Waals surface area contributed by atoms with Gasteiger partial charge >= 0.3 is 0 Å². The van der Waals surface area contributed by atoms with E-state index in [9.17, 15) is 0 Å². The minimum absolute atomic E-state index is 0.271. The summed E-state index contributed by atoms with van der Waals surface area (Å²) in [6.07, 6.45) is 2.43.